The number of ether oxygens (including phenoxy) is 2. The smallest absolute Gasteiger partial charge is 0.308 e. The molecule has 0 spiro atoms. The van der Waals surface area contributed by atoms with Crippen molar-refractivity contribution in [2.75, 3.05) is 18.9 Å². The number of rotatable bonds is 9. The number of aryl methyl sites for hydroxylation is 3. The summed E-state index contributed by atoms with van der Waals surface area (Å²) in [6, 6.07) is 16.6. The van der Waals surface area contributed by atoms with Gasteiger partial charge in [0.2, 0.25) is 0 Å². The predicted molar refractivity (Wildman–Crippen MR) is 215 cm³/mol. The maximum atomic E-state index is 13.0. The van der Waals surface area contributed by atoms with Crippen LogP contribution in [0.2, 0.25) is 0 Å². The van der Waals surface area contributed by atoms with Gasteiger partial charge < -0.3 is 25.4 Å². The van der Waals surface area contributed by atoms with Crippen LogP contribution in [0.25, 0.3) is 5.69 Å². The lowest BCUT2D eigenvalue weighted by molar-refractivity contribution is -0.150. The van der Waals surface area contributed by atoms with Gasteiger partial charge in [-0.15, -0.1) is 22.6 Å². The van der Waals surface area contributed by atoms with Crippen LogP contribution in [-0.4, -0.2) is 45.1 Å². The molecule has 296 valence electrons. The number of benzene rings is 3. The number of azo groups is 1. The molecule has 4 aromatic rings. The molecule has 1 aromatic heterocycles. The van der Waals surface area contributed by atoms with Crippen LogP contribution in [0.1, 0.15) is 105 Å². The number of carbonyl (C=O) groups is 2. The molecule has 55 heavy (non-hydrogen) atoms. The molecule has 13 heteroatoms. The van der Waals surface area contributed by atoms with Gasteiger partial charge in [-0.05, 0) is 131 Å². The molecule has 6 rings (SSSR count). The van der Waals surface area contributed by atoms with Gasteiger partial charge in [-0.3, -0.25) is 19.5 Å². The molecule has 2 aliphatic rings. The molecule has 0 radical (unpaired) electrons. The van der Waals surface area contributed by atoms with Crippen LogP contribution in [-0.2, 0) is 19.1 Å². The second kappa shape index (κ2) is 19.5. The van der Waals surface area contributed by atoms with E-state index in [2.05, 4.69) is 15.3 Å². The molecular weight excluding hydrogens is 722 g/mol. The van der Waals surface area contributed by atoms with Crippen LogP contribution in [0, 0.1) is 32.6 Å². The number of hydrogen-bond acceptors (Lipinski definition) is 10. The van der Waals surface area contributed by atoms with Gasteiger partial charge >= 0.3 is 11.9 Å². The van der Waals surface area contributed by atoms with E-state index < -0.39 is 0 Å². The Morgan fingerprint density at radius 1 is 0.800 bits per heavy atom. The second-order valence-electron chi connectivity index (χ2n) is 14.3. The number of nitrogens with two attached hydrogens (primary N) is 1. The number of nitrogens with one attached hydrogen (secondary N) is 1. The molecule has 5 N–H and O–H groups in total. The zero-order valence-corrected chi connectivity index (χ0v) is 33.2. The number of aromatic amines is 1. The highest BCUT2D eigenvalue weighted by atomic mass is 35.5. The summed E-state index contributed by atoms with van der Waals surface area (Å²) in [5.41, 5.74) is 11.4. The normalized spacial score (nSPS) is 19.5. The van der Waals surface area contributed by atoms with E-state index in [1.165, 1.54) is 4.68 Å². The Bertz CT molecular complexity index is 2040. The molecule has 12 nitrogen and oxygen atoms in total. The van der Waals surface area contributed by atoms with E-state index in [9.17, 15) is 24.6 Å². The van der Waals surface area contributed by atoms with E-state index in [1.54, 1.807) is 26.0 Å². The van der Waals surface area contributed by atoms with Crippen molar-refractivity contribution in [3.8, 4) is 17.2 Å². The van der Waals surface area contributed by atoms with E-state index in [-0.39, 0.29) is 70.8 Å². The van der Waals surface area contributed by atoms with Crippen molar-refractivity contribution in [3.63, 3.8) is 0 Å². The molecular formula is C42H54ClN5O7. The van der Waals surface area contributed by atoms with Crippen LogP contribution in [0.15, 0.2) is 69.6 Å². The largest absolute Gasteiger partial charge is 0.505 e. The van der Waals surface area contributed by atoms with Crippen molar-refractivity contribution in [1.82, 2.24) is 9.78 Å². The molecule has 2 aliphatic carbocycles. The van der Waals surface area contributed by atoms with Crippen molar-refractivity contribution in [2.24, 2.45) is 22.1 Å². The van der Waals surface area contributed by atoms with E-state index in [0.29, 0.717) is 36.7 Å². The molecule has 0 aliphatic heterocycles. The summed E-state index contributed by atoms with van der Waals surface area (Å²) in [6.07, 6.45) is 6.75. The number of aromatic nitrogens is 2. The summed E-state index contributed by atoms with van der Waals surface area (Å²) in [5, 5.41) is 32.5. The fourth-order valence-electron chi connectivity index (χ4n) is 7.57. The zero-order valence-electron chi connectivity index (χ0n) is 32.3. The third-order valence-corrected chi connectivity index (χ3v) is 10.7. The standard InChI is InChI=1S/C27H32N4O4.C15H21NO3.ClH/c1-5-35-27(34)20-9-6-8-19(15-20)22-10-7-11-23(25(22)32)28-29-24-18(4)30-31(26(24)33)21-13-12-16(2)17(3)14-21;1-2-19-15(18)11-6-3-5-10(9-11)12-7-4-8-13(16)14(12)17;/h7,10-14,19-20,30,32H,5-6,8-9,15H2,1-4H3;4,7-8,10-11,17H,2-3,5-6,9,16H2,1H3;1H. The van der Waals surface area contributed by atoms with Crippen LogP contribution < -0.4 is 11.3 Å². The Kier molecular flexibility index (Phi) is 15.1. The predicted octanol–water partition coefficient (Wildman–Crippen LogP) is 9.28. The molecule has 0 amide bonds. The lowest BCUT2D eigenvalue weighted by atomic mass is 9.77. The summed E-state index contributed by atoms with van der Waals surface area (Å²) in [6.45, 7) is 10.2. The van der Waals surface area contributed by atoms with Gasteiger partial charge in [0.05, 0.1) is 42.1 Å². The molecule has 2 fully saturated rings. The van der Waals surface area contributed by atoms with Crippen molar-refractivity contribution in [2.45, 2.75) is 97.8 Å². The third kappa shape index (κ3) is 10.2. The number of anilines is 1. The summed E-state index contributed by atoms with van der Waals surface area (Å²) < 4.78 is 11.7. The SMILES string of the molecule is CCOC(=O)C1CCCC(c2cccc(N)c2O)C1.CCOC(=O)C1CCCC(c2cccc(N=Nc3c(C)[nH]n(-c4ccc(C)c(C)c4)c3=O)c2O)C1.Cl. The average Bonchev–Trinajstić information content (AvgIpc) is 3.45. The van der Waals surface area contributed by atoms with Crippen molar-refractivity contribution in [3.05, 3.63) is 92.9 Å². The molecule has 3 aromatic carbocycles. The first-order valence-corrected chi connectivity index (χ1v) is 19.0. The lowest BCUT2D eigenvalue weighted by Crippen LogP contribution is -2.24. The number of esters is 2. The summed E-state index contributed by atoms with van der Waals surface area (Å²) in [4.78, 5) is 37.1. The highest BCUT2D eigenvalue weighted by Gasteiger charge is 2.32. The van der Waals surface area contributed by atoms with Crippen molar-refractivity contribution in [1.29, 1.82) is 0 Å². The fraction of sp³-hybridized carbons (Fsp3) is 0.452. The number of hydrogen-bond donors (Lipinski definition) is 4. The maximum absolute atomic E-state index is 13.0. The first-order valence-electron chi connectivity index (χ1n) is 19.0. The van der Waals surface area contributed by atoms with Gasteiger partial charge in [0, 0.05) is 0 Å². The van der Waals surface area contributed by atoms with Crippen LogP contribution >= 0.6 is 12.4 Å². The summed E-state index contributed by atoms with van der Waals surface area (Å²) in [7, 11) is 0. The Hall–Kier alpha value is -5.10. The van der Waals surface area contributed by atoms with Crippen LogP contribution in [0.4, 0.5) is 17.1 Å². The van der Waals surface area contributed by atoms with Crippen molar-refractivity contribution < 1.29 is 29.3 Å². The summed E-state index contributed by atoms with van der Waals surface area (Å²) in [5.74, 6) is -0.0863. The number of aromatic hydroxyl groups is 2. The number of para-hydroxylation sites is 2. The summed E-state index contributed by atoms with van der Waals surface area (Å²) >= 11 is 0. The minimum Gasteiger partial charge on any atom is -0.505 e. The quantitative estimate of drug-likeness (QED) is 0.0562. The van der Waals surface area contributed by atoms with Gasteiger partial charge in [0.25, 0.3) is 5.56 Å². The highest BCUT2D eigenvalue weighted by molar-refractivity contribution is 5.85. The highest BCUT2D eigenvalue weighted by Crippen LogP contribution is 2.44. The van der Waals surface area contributed by atoms with Gasteiger partial charge in [-0.25, -0.2) is 4.68 Å². The fourth-order valence-corrected chi connectivity index (χ4v) is 7.57. The monoisotopic (exact) mass is 775 g/mol. The topological polar surface area (TPSA) is 182 Å². The number of halogens is 1. The Labute approximate surface area is 328 Å². The molecule has 4 atom stereocenters. The first-order chi connectivity index (χ1) is 25.9. The van der Waals surface area contributed by atoms with E-state index in [0.717, 1.165) is 72.9 Å². The first kappa shape index (κ1) is 42.6. The molecule has 0 saturated heterocycles. The number of nitrogens with zero attached hydrogens (tertiary/aromatic N) is 3. The minimum absolute atomic E-state index is 0. The Balaban J connectivity index is 0.000000285. The number of phenolic OH excluding ortho intramolecular Hbond substituents is 2. The second-order valence-corrected chi connectivity index (χ2v) is 14.3. The Morgan fingerprint density at radius 3 is 1.93 bits per heavy atom. The van der Waals surface area contributed by atoms with Gasteiger partial charge in [-0.2, -0.15) is 0 Å². The number of carbonyl (C=O) groups excluding carboxylic acids is 2. The van der Waals surface area contributed by atoms with Gasteiger partial charge in [0.1, 0.15) is 17.2 Å². The van der Waals surface area contributed by atoms with E-state index in [1.807, 2.05) is 63.2 Å². The zero-order chi connectivity index (χ0) is 38.9. The van der Waals surface area contributed by atoms with Crippen molar-refractivity contribution >= 4 is 41.4 Å². The Morgan fingerprint density at radius 2 is 1.36 bits per heavy atom. The maximum Gasteiger partial charge on any atom is 0.308 e. The number of phenols is 2. The minimum atomic E-state index is -0.310. The molecule has 1 heterocycles. The molecule has 0 bridgehead atoms. The van der Waals surface area contributed by atoms with Crippen LogP contribution in [0.5, 0.6) is 11.5 Å². The molecule has 4 unspecified atom stereocenters. The van der Waals surface area contributed by atoms with E-state index in [4.69, 9.17) is 15.2 Å². The van der Waals surface area contributed by atoms with Gasteiger partial charge in [-0.1, -0.05) is 43.2 Å². The third-order valence-electron chi connectivity index (χ3n) is 10.7. The number of nitrogen functional groups attached to an aromatic ring is 1. The lowest BCUT2D eigenvalue weighted by Gasteiger charge is -2.28. The van der Waals surface area contributed by atoms with E-state index >= 15 is 0 Å². The number of H-pyrrole nitrogens is 1. The van der Waals surface area contributed by atoms with Crippen LogP contribution in [0.3, 0.4) is 0 Å². The van der Waals surface area contributed by atoms with Gasteiger partial charge in [0.15, 0.2) is 5.69 Å². The molecule has 2 saturated carbocycles. The average molecular weight is 776 g/mol.